The van der Waals surface area contributed by atoms with E-state index in [0.29, 0.717) is 13.2 Å². The van der Waals surface area contributed by atoms with Gasteiger partial charge in [0.1, 0.15) is 5.82 Å². The Morgan fingerprint density at radius 3 is 2.77 bits per heavy atom. The van der Waals surface area contributed by atoms with Gasteiger partial charge in [-0.2, -0.15) is 0 Å². The zero-order chi connectivity index (χ0) is 16.1. The van der Waals surface area contributed by atoms with Gasteiger partial charge >= 0.3 is 0 Å². The van der Waals surface area contributed by atoms with Gasteiger partial charge in [-0.3, -0.25) is 4.79 Å². The molecule has 22 heavy (non-hydrogen) atoms. The van der Waals surface area contributed by atoms with E-state index in [1.54, 1.807) is 12.1 Å². The summed E-state index contributed by atoms with van der Waals surface area (Å²) in [6.45, 7) is 5.18. The number of rotatable bonds is 6. The second-order valence-corrected chi connectivity index (χ2v) is 6.05. The summed E-state index contributed by atoms with van der Waals surface area (Å²) in [4.78, 5) is 12.1. The number of ether oxygens (including phenoxy) is 1. The van der Waals surface area contributed by atoms with E-state index in [2.05, 4.69) is 5.32 Å². The fraction of sp³-hybridized carbons (Fsp3) is 0.588. The molecule has 0 bridgehead atoms. The Morgan fingerprint density at radius 1 is 1.45 bits per heavy atom. The number of hydrogen-bond acceptors (Lipinski definition) is 3. The van der Waals surface area contributed by atoms with Gasteiger partial charge in [-0.1, -0.05) is 32.4 Å². The maximum Gasteiger partial charge on any atom is 0.237 e. The van der Waals surface area contributed by atoms with Crippen molar-refractivity contribution in [3.05, 3.63) is 35.6 Å². The molecule has 0 unspecified atom stereocenters. The molecule has 4 nitrogen and oxygen atoms in total. The summed E-state index contributed by atoms with van der Waals surface area (Å²) in [6, 6.07) is 5.88. The molecule has 0 radical (unpaired) electrons. The highest BCUT2D eigenvalue weighted by atomic mass is 19.1. The van der Waals surface area contributed by atoms with Crippen molar-refractivity contribution in [3.8, 4) is 0 Å². The van der Waals surface area contributed by atoms with Crippen LogP contribution in [0, 0.1) is 17.7 Å². The molecule has 4 atom stereocenters. The number of halogens is 1. The van der Waals surface area contributed by atoms with E-state index in [9.17, 15) is 9.18 Å². The van der Waals surface area contributed by atoms with Gasteiger partial charge in [0.05, 0.1) is 12.1 Å². The summed E-state index contributed by atoms with van der Waals surface area (Å²) in [5, 5.41) is 2.93. The lowest BCUT2D eigenvalue weighted by atomic mass is 9.94. The van der Waals surface area contributed by atoms with Crippen LogP contribution in [0.15, 0.2) is 24.3 Å². The van der Waals surface area contributed by atoms with Crippen LogP contribution in [0.4, 0.5) is 4.39 Å². The molecule has 1 fully saturated rings. The van der Waals surface area contributed by atoms with Gasteiger partial charge in [0, 0.05) is 19.1 Å². The van der Waals surface area contributed by atoms with Crippen LogP contribution >= 0.6 is 0 Å². The number of carbonyl (C=O) groups is 1. The fourth-order valence-electron chi connectivity index (χ4n) is 2.73. The van der Waals surface area contributed by atoms with E-state index in [1.165, 1.54) is 12.1 Å². The lowest BCUT2D eigenvalue weighted by Crippen LogP contribution is -2.46. The van der Waals surface area contributed by atoms with Gasteiger partial charge in [0.2, 0.25) is 5.91 Å². The van der Waals surface area contributed by atoms with Gasteiger partial charge in [0.25, 0.3) is 0 Å². The summed E-state index contributed by atoms with van der Waals surface area (Å²) < 4.78 is 18.8. The summed E-state index contributed by atoms with van der Waals surface area (Å²) >= 11 is 0. The van der Waals surface area contributed by atoms with Crippen LogP contribution in [-0.4, -0.2) is 25.1 Å². The highest BCUT2D eigenvalue weighted by molar-refractivity contribution is 5.81. The Bertz CT molecular complexity index is 492. The van der Waals surface area contributed by atoms with E-state index in [1.807, 2.05) is 13.8 Å². The molecule has 1 aliphatic rings. The van der Waals surface area contributed by atoms with Crippen LogP contribution in [0.5, 0.6) is 0 Å². The van der Waals surface area contributed by atoms with Gasteiger partial charge < -0.3 is 15.8 Å². The van der Waals surface area contributed by atoms with E-state index < -0.39 is 6.04 Å². The third-order valence-corrected chi connectivity index (χ3v) is 4.51. The molecule has 1 aliphatic heterocycles. The average molecular weight is 308 g/mol. The number of hydrogen-bond donors (Lipinski definition) is 2. The summed E-state index contributed by atoms with van der Waals surface area (Å²) in [5.74, 6) is -0.0171. The summed E-state index contributed by atoms with van der Waals surface area (Å²) in [6.07, 6.45) is 1.65. The van der Waals surface area contributed by atoms with Gasteiger partial charge in [-0.15, -0.1) is 0 Å². The highest BCUT2D eigenvalue weighted by Crippen LogP contribution is 2.34. The van der Waals surface area contributed by atoms with E-state index in [-0.39, 0.29) is 29.7 Å². The van der Waals surface area contributed by atoms with Gasteiger partial charge in [0.15, 0.2) is 0 Å². The Hall–Kier alpha value is -1.46. The molecule has 122 valence electrons. The molecule has 5 heteroatoms. The highest BCUT2D eigenvalue weighted by Gasteiger charge is 2.30. The van der Waals surface area contributed by atoms with Crippen LogP contribution in [0.3, 0.4) is 0 Å². The minimum absolute atomic E-state index is 0.0966. The van der Waals surface area contributed by atoms with Crippen molar-refractivity contribution < 1.29 is 13.9 Å². The number of carbonyl (C=O) groups excluding carboxylic acids is 1. The number of amides is 1. The van der Waals surface area contributed by atoms with E-state index in [0.717, 1.165) is 18.4 Å². The minimum atomic E-state index is -0.475. The Kier molecular flexibility index (Phi) is 5.91. The Labute approximate surface area is 131 Å². The first-order chi connectivity index (χ1) is 10.5. The largest absolute Gasteiger partial charge is 0.373 e. The molecular weight excluding hydrogens is 283 g/mol. The monoisotopic (exact) mass is 308 g/mol. The lowest BCUT2D eigenvalue weighted by Gasteiger charge is -2.22. The first-order valence-corrected chi connectivity index (χ1v) is 7.93. The molecule has 2 rings (SSSR count). The molecule has 0 spiro atoms. The van der Waals surface area contributed by atoms with Gasteiger partial charge in [-0.05, 0) is 30.0 Å². The second kappa shape index (κ2) is 7.70. The van der Waals surface area contributed by atoms with Crippen molar-refractivity contribution in [1.82, 2.24) is 5.32 Å². The quantitative estimate of drug-likeness (QED) is 0.848. The zero-order valence-corrected chi connectivity index (χ0v) is 13.2. The first-order valence-electron chi connectivity index (χ1n) is 7.93. The van der Waals surface area contributed by atoms with Gasteiger partial charge in [-0.25, -0.2) is 4.39 Å². The standard InChI is InChI=1S/C17H25FN2O2/c1-3-11(2)15(19)17(21)20-10-13-8-9-22-16(13)12-4-6-14(18)7-5-12/h4-7,11,13,15-16H,3,8-10,19H2,1-2H3,(H,20,21)/t11-,13-,15-,16-/m0/s1. The molecule has 1 amide bonds. The topological polar surface area (TPSA) is 64.4 Å². The first kappa shape index (κ1) is 16.9. The van der Waals surface area contributed by atoms with Crippen molar-refractivity contribution in [2.75, 3.05) is 13.2 Å². The lowest BCUT2D eigenvalue weighted by molar-refractivity contribution is -0.123. The predicted molar refractivity (Wildman–Crippen MR) is 83.6 cm³/mol. The van der Waals surface area contributed by atoms with Crippen LogP contribution in [0.1, 0.15) is 38.4 Å². The van der Waals surface area contributed by atoms with Crippen molar-refractivity contribution in [2.45, 2.75) is 38.8 Å². The van der Waals surface area contributed by atoms with Crippen molar-refractivity contribution in [3.63, 3.8) is 0 Å². The van der Waals surface area contributed by atoms with Crippen molar-refractivity contribution in [2.24, 2.45) is 17.6 Å². The average Bonchev–Trinajstić information content (AvgIpc) is 3.00. The zero-order valence-electron chi connectivity index (χ0n) is 13.2. The summed E-state index contributed by atoms with van der Waals surface area (Å²) in [7, 11) is 0. The molecular formula is C17H25FN2O2. The number of nitrogens with two attached hydrogens (primary N) is 1. The molecule has 0 aromatic heterocycles. The normalized spacial score (nSPS) is 24.0. The SMILES string of the molecule is CC[C@H](C)[C@H](N)C(=O)NC[C@@H]1CCO[C@H]1c1ccc(F)cc1. The third-order valence-electron chi connectivity index (χ3n) is 4.51. The maximum atomic E-state index is 13.0. The molecule has 0 saturated carbocycles. The van der Waals surface area contributed by atoms with Crippen molar-refractivity contribution in [1.29, 1.82) is 0 Å². The summed E-state index contributed by atoms with van der Waals surface area (Å²) in [5.41, 5.74) is 6.88. The second-order valence-electron chi connectivity index (χ2n) is 6.05. The van der Waals surface area contributed by atoms with E-state index in [4.69, 9.17) is 10.5 Å². The smallest absolute Gasteiger partial charge is 0.237 e. The van der Waals surface area contributed by atoms with Crippen molar-refractivity contribution >= 4 is 5.91 Å². The van der Waals surface area contributed by atoms with Crippen LogP contribution in [0.25, 0.3) is 0 Å². The molecule has 3 N–H and O–H groups in total. The Morgan fingerprint density at radius 2 is 2.14 bits per heavy atom. The van der Waals surface area contributed by atoms with E-state index >= 15 is 0 Å². The molecule has 1 heterocycles. The third kappa shape index (κ3) is 4.05. The number of nitrogens with one attached hydrogen (secondary N) is 1. The minimum Gasteiger partial charge on any atom is -0.373 e. The van der Waals surface area contributed by atoms with Crippen LogP contribution < -0.4 is 11.1 Å². The Balaban J connectivity index is 1.91. The molecule has 1 saturated heterocycles. The molecule has 0 aliphatic carbocycles. The fourth-order valence-corrected chi connectivity index (χ4v) is 2.73. The predicted octanol–water partition coefficient (Wildman–Crippen LogP) is 2.39. The molecule has 1 aromatic carbocycles. The maximum absolute atomic E-state index is 13.0. The molecule has 1 aromatic rings. The van der Waals surface area contributed by atoms with Crippen LogP contribution in [0.2, 0.25) is 0 Å². The van der Waals surface area contributed by atoms with Crippen LogP contribution in [-0.2, 0) is 9.53 Å². The number of benzene rings is 1.